The van der Waals surface area contributed by atoms with Crippen molar-refractivity contribution in [3.05, 3.63) is 56.7 Å². The van der Waals surface area contributed by atoms with Gasteiger partial charge in [0.1, 0.15) is 0 Å². The molecule has 0 aliphatic carbocycles. The highest BCUT2D eigenvalue weighted by Crippen LogP contribution is 2.20. The maximum absolute atomic E-state index is 3.55. The predicted molar refractivity (Wildman–Crippen MR) is 87.9 cm³/mol. The fraction of sp³-hybridized carbons (Fsp3) is 0.375. The lowest BCUT2D eigenvalue weighted by molar-refractivity contribution is 0.481. The SMILES string of the molecule is CCNCC(Cc1cccc(Br)c1)Cc1cccs1. The zero-order chi connectivity index (χ0) is 13.5. The van der Waals surface area contributed by atoms with Crippen LogP contribution in [0.5, 0.6) is 0 Å². The quantitative estimate of drug-likeness (QED) is 0.783. The number of nitrogens with one attached hydrogen (secondary N) is 1. The first kappa shape index (κ1) is 14.8. The Kier molecular flexibility index (Phi) is 6.08. The lowest BCUT2D eigenvalue weighted by Crippen LogP contribution is -2.25. The summed E-state index contributed by atoms with van der Waals surface area (Å²) in [5.41, 5.74) is 1.41. The molecule has 0 bridgehead atoms. The largest absolute Gasteiger partial charge is 0.317 e. The van der Waals surface area contributed by atoms with Crippen LogP contribution in [0, 0.1) is 5.92 Å². The van der Waals surface area contributed by atoms with Gasteiger partial charge in [-0.25, -0.2) is 0 Å². The first-order valence-corrected chi connectivity index (χ1v) is 8.42. The van der Waals surface area contributed by atoms with Crippen LogP contribution in [0.3, 0.4) is 0 Å². The van der Waals surface area contributed by atoms with Crippen LogP contribution in [-0.2, 0) is 12.8 Å². The Labute approximate surface area is 128 Å². The summed E-state index contributed by atoms with van der Waals surface area (Å²) in [6.07, 6.45) is 2.29. The first-order chi connectivity index (χ1) is 9.28. The van der Waals surface area contributed by atoms with Crippen LogP contribution in [0.2, 0.25) is 0 Å². The van der Waals surface area contributed by atoms with Crippen molar-refractivity contribution in [1.82, 2.24) is 5.32 Å². The fourth-order valence-electron chi connectivity index (χ4n) is 2.28. The first-order valence-electron chi connectivity index (χ1n) is 6.75. The minimum Gasteiger partial charge on any atom is -0.317 e. The van der Waals surface area contributed by atoms with Crippen LogP contribution < -0.4 is 5.32 Å². The van der Waals surface area contributed by atoms with Gasteiger partial charge in [-0.05, 0) is 61.0 Å². The van der Waals surface area contributed by atoms with Crippen LogP contribution in [0.1, 0.15) is 17.4 Å². The molecule has 0 radical (unpaired) electrons. The Morgan fingerprint density at radius 2 is 2.11 bits per heavy atom. The van der Waals surface area contributed by atoms with E-state index >= 15 is 0 Å². The molecule has 1 unspecified atom stereocenters. The molecule has 0 saturated carbocycles. The molecule has 0 spiro atoms. The number of rotatable bonds is 7. The molecular formula is C16H20BrNS. The van der Waals surface area contributed by atoms with Gasteiger partial charge in [-0.3, -0.25) is 0 Å². The average molecular weight is 338 g/mol. The molecule has 0 aliphatic heterocycles. The van der Waals surface area contributed by atoms with Gasteiger partial charge in [0.25, 0.3) is 0 Å². The van der Waals surface area contributed by atoms with Gasteiger partial charge in [0, 0.05) is 9.35 Å². The van der Waals surface area contributed by atoms with E-state index in [0.717, 1.165) is 25.9 Å². The molecule has 0 amide bonds. The second kappa shape index (κ2) is 7.83. The summed E-state index contributed by atoms with van der Waals surface area (Å²) in [6, 6.07) is 13.0. The maximum Gasteiger partial charge on any atom is 0.0177 e. The van der Waals surface area contributed by atoms with Crippen molar-refractivity contribution in [3.8, 4) is 0 Å². The number of thiophene rings is 1. The monoisotopic (exact) mass is 337 g/mol. The van der Waals surface area contributed by atoms with Crippen molar-refractivity contribution in [2.24, 2.45) is 5.92 Å². The fourth-order valence-corrected chi connectivity index (χ4v) is 3.54. The lowest BCUT2D eigenvalue weighted by Gasteiger charge is -2.17. The number of halogens is 1. The van der Waals surface area contributed by atoms with Gasteiger partial charge >= 0.3 is 0 Å². The van der Waals surface area contributed by atoms with E-state index < -0.39 is 0 Å². The van der Waals surface area contributed by atoms with E-state index in [-0.39, 0.29) is 0 Å². The molecule has 0 saturated heterocycles. The standard InChI is InChI=1S/C16H20BrNS/c1-2-18-12-14(11-16-7-4-8-19-16)9-13-5-3-6-15(17)10-13/h3-8,10,14,18H,2,9,11-12H2,1H3. The Hall–Kier alpha value is -0.640. The number of hydrogen-bond acceptors (Lipinski definition) is 2. The van der Waals surface area contributed by atoms with E-state index in [4.69, 9.17) is 0 Å². The van der Waals surface area contributed by atoms with Crippen LogP contribution in [0.25, 0.3) is 0 Å². The molecule has 19 heavy (non-hydrogen) atoms. The Bertz CT molecular complexity index is 481. The second-order valence-corrected chi connectivity index (χ2v) is 6.74. The third kappa shape index (κ3) is 5.09. The van der Waals surface area contributed by atoms with Crippen LogP contribution >= 0.6 is 27.3 Å². The molecule has 102 valence electrons. The summed E-state index contributed by atoms with van der Waals surface area (Å²) in [6.45, 7) is 4.29. The molecule has 1 aromatic carbocycles. The van der Waals surface area contributed by atoms with Crippen LogP contribution in [0.4, 0.5) is 0 Å². The van der Waals surface area contributed by atoms with E-state index in [1.807, 2.05) is 11.3 Å². The third-order valence-electron chi connectivity index (χ3n) is 3.17. The Morgan fingerprint density at radius 1 is 1.21 bits per heavy atom. The van der Waals surface area contributed by atoms with Crippen molar-refractivity contribution >= 4 is 27.3 Å². The van der Waals surface area contributed by atoms with E-state index in [0.29, 0.717) is 5.92 Å². The highest BCUT2D eigenvalue weighted by atomic mass is 79.9. The molecule has 1 atom stereocenters. The summed E-state index contributed by atoms with van der Waals surface area (Å²) in [7, 11) is 0. The molecule has 2 aromatic rings. The van der Waals surface area contributed by atoms with Gasteiger partial charge in [-0.15, -0.1) is 11.3 Å². The minimum absolute atomic E-state index is 0.660. The molecule has 1 N–H and O–H groups in total. The number of benzene rings is 1. The lowest BCUT2D eigenvalue weighted by atomic mass is 9.95. The summed E-state index contributed by atoms with van der Waals surface area (Å²) in [4.78, 5) is 1.48. The zero-order valence-corrected chi connectivity index (χ0v) is 13.6. The highest BCUT2D eigenvalue weighted by molar-refractivity contribution is 9.10. The van der Waals surface area contributed by atoms with Gasteiger partial charge in [-0.2, -0.15) is 0 Å². The van der Waals surface area contributed by atoms with E-state index in [2.05, 4.69) is 69.9 Å². The van der Waals surface area contributed by atoms with Gasteiger partial charge in [-0.1, -0.05) is 41.1 Å². The molecule has 1 heterocycles. The van der Waals surface area contributed by atoms with Crippen LogP contribution in [-0.4, -0.2) is 13.1 Å². The Morgan fingerprint density at radius 3 is 2.79 bits per heavy atom. The van der Waals surface area contributed by atoms with Crippen molar-refractivity contribution < 1.29 is 0 Å². The van der Waals surface area contributed by atoms with Gasteiger partial charge in [0.05, 0.1) is 0 Å². The van der Waals surface area contributed by atoms with Crippen molar-refractivity contribution in [1.29, 1.82) is 0 Å². The molecule has 1 nitrogen and oxygen atoms in total. The summed E-state index contributed by atoms with van der Waals surface area (Å²) < 4.78 is 1.17. The van der Waals surface area contributed by atoms with Gasteiger partial charge in [0.15, 0.2) is 0 Å². The van der Waals surface area contributed by atoms with E-state index in [1.54, 1.807) is 0 Å². The molecule has 2 rings (SSSR count). The van der Waals surface area contributed by atoms with E-state index in [9.17, 15) is 0 Å². The summed E-state index contributed by atoms with van der Waals surface area (Å²) >= 11 is 5.41. The summed E-state index contributed by atoms with van der Waals surface area (Å²) in [5.74, 6) is 0.660. The number of hydrogen-bond donors (Lipinski definition) is 1. The van der Waals surface area contributed by atoms with Crippen LogP contribution in [0.15, 0.2) is 46.3 Å². The third-order valence-corrected chi connectivity index (χ3v) is 4.56. The van der Waals surface area contributed by atoms with Crippen molar-refractivity contribution in [3.63, 3.8) is 0 Å². The second-order valence-electron chi connectivity index (χ2n) is 4.79. The van der Waals surface area contributed by atoms with Gasteiger partial charge in [0.2, 0.25) is 0 Å². The normalized spacial score (nSPS) is 12.5. The topological polar surface area (TPSA) is 12.0 Å². The Balaban J connectivity index is 2.00. The van der Waals surface area contributed by atoms with Gasteiger partial charge < -0.3 is 5.32 Å². The molecular weight excluding hydrogens is 318 g/mol. The smallest absolute Gasteiger partial charge is 0.0177 e. The predicted octanol–water partition coefficient (Wildman–Crippen LogP) is 4.52. The van der Waals surface area contributed by atoms with Crippen molar-refractivity contribution in [2.75, 3.05) is 13.1 Å². The zero-order valence-electron chi connectivity index (χ0n) is 11.2. The summed E-state index contributed by atoms with van der Waals surface area (Å²) in [5, 5.41) is 5.65. The minimum atomic E-state index is 0.660. The molecule has 1 aromatic heterocycles. The molecule has 0 fully saturated rings. The maximum atomic E-state index is 3.55. The molecule has 3 heteroatoms. The average Bonchev–Trinajstić information content (AvgIpc) is 2.89. The highest BCUT2D eigenvalue weighted by Gasteiger charge is 2.11. The van der Waals surface area contributed by atoms with E-state index in [1.165, 1.54) is 14.9 Å². The molecule has 0 aliphatic rings. The van der Waals surface area contributed by atoms with Crippen molar-refractivity contribution in [2.45, 2.75) is 19.8 Å².